The van der Waals surface area contributed by atoms with Crippen molar-refractivity contribution in [2.75, 3.05) is 25.2 Å². The maximum atomic E-state index is 12.4. The normalized spacial score (nSPS) is 23.7. The summed E-state index contributed by atoms with van der Waals surface area (Å²) in [7, 11) is -3.82. The first kappa shape index (κ1) is 19.5. The van der Waals surface area contributed by atoms with E-state index < -0.39 is 21.8 Å². The van der Waals surface area contributed by atoms with E-state index >= 15 is 0 Å². The zero-order valence-electron chi connectivity index (χ0n) is 14.4. The van der Waals surface area contributed by atoms with Crippen molar-refractivity contribution < 1.29 is 22.1 Å². The molecule has 1 fully saturated rings. The van der Waals surface area contributed by atoms with Crippen LogP contribution in [0.3, 0.4) is 0 Å². The van der Waals surface area contributed by atoms with Crippen molar-refractivity contribution in [1.82, 2.24) is 0 Å². The van der Waals surface area contributed by atoms with Gasteiger partial charge in [-0.25, -0.2) is 0 Å². The van der Waals surface area contributed by atoms with Crippen LogP contribution in [-0.4, -0.2) is 33.6 Å². The van der Waals surface area contributed by atoms with Gasteiger partial charge in [0.1, 0.15) is 0 Å². The minimum Gasteiger partial charge on any atom is -0.348 e. The fourth-order valence-electron chi connectivity index (χ4n) is 2.57. The third kappa shape index (κ3) is 4.53. The van der Waals surface area contributed by atoms with Gasteiger partial charge in [0.15, 0.2) is 6.29 Å². The second kappa shape index (κ2) is 8.19. The minimum absolute atomic E-state index is 0.0179. The van der Waals surface area contributed by atoms with Crippen LogP contribution < -0.4 is 0 Å². The quantitative estimate of drug-likeness (QED) is 0.504. The summed E-state index contributed by atoms with van der Waals surface area (Å²) in [6.07, 6.45) is -0.447. The molecule has 2 aromatic rings. The molecular weight excluding hydrogens is 420 g/mol. The summed E-state index contributed by atoms with van der Waals surface area (Å²) in [5.74, 6) is 0. The molecule has 0 saturated carbocycles. The minimum atomic E-state index is -3.82. The van der Waals surface area contributed by atoms with Gasteiger partial charge in [0, 0.05) is 10.9 Å². The van der Waals surface area contributed by atoms with Crippen molar-refractivity contribution in [3.05, 3.63) is 65.7 Å². The Labute approximate surface area is 162 Å². The van der Waals surface area contributed by atoms with Crippen LogP contribution in [-0.2, 0) is 23.8 Å². The molecule has 1 saturated heterocycles. The van der Waals surface area contributed by atoms with Crippen molar-refractivity contribution in [3.8, 4) is 0 Å². The molecule has 0 aliphatic carbocycles. The van der Waals surface area contributed by atoms with Crippen LogP contribution in [0, 0.1) is 12.3 Å². The fraction of sp³-hybridized carbons (Fsp3) is 0.368. The van der Waals surface area contributed by atoms with Crippen molar-refractivity contribution >= 4 is 26.0 Å². The SMILES string of the molecule is Cc1ccc(S(=O)(=O)OCC2(CBr)COC(c3ccccc3)OC2)cc1. The summed E-state index contributed by atoms with van der Waals surface area (Å²) in [4.78, 5) is 0.146. The second-order valence-electron chi connectivity index (χ2n) is 6.53. The van der Waals surface area contributed by atoms with Gasteiger partial charge >= 0.3 is 0 Å². The average molecular weight is 441 g/mol. The summed E-state index contributed by atoms with van der Waals surface area (Å²) in [5.41, 5.74) is 1.36. The Bertz CT molecular complexity index is 813. The van der Waals surface area contributed by atoms with E-state index in [1.807, 2.05) is 37.3 Å². The Hall–Kier alpha value is -1.25. The number of hydrogen-bond donors (Lipinski definition) is 0. The van der Waals surface area contributed by atoms with Gasteiger partial charge in [0.05, 0.1) is 30.1 Å². The molecule has 0 aromatic heterocycles. The molecule has 0 radical (unpaired) electrons. The molecular formula is C19H21BrO5S. The molecule has 0 unspecified atom stereocenters. The van der Waals surface area contributed by atoms with Crippen molar-refractivity contribution in [3.63, 3.8) is 0 Å². The van der Waals surface area contributed by atoms with Gasteiger partial charge in [-0.05, 0) is 19.1 Å². The second-order valence-corrected chi connectivity index (χ2v) is 8.70. The molecule has 1 aliphatic rings. The van der Waals surface area contributed by atoms with Gasteiger partial charge in [-0.1, -0.05) is 64.0 Å². The summed E-state index contributed by atoms with van der Waals surface area (Å²) in [6.45, 7) is 2.55. The van der Waals surface area contributed by atoms with Crippen LogP contribution in [0.5, 0.6) is 0 Å². The highest BCUT2D eigenvalue weighted by atomic mass is 79.9. The first-order chi connectivity index (χ1) is 12.4. The van der Waals surface area contributed by atoms with Crippen LogP contribution in [0.1, 0.15) is 17.4 Å². The van der Waals surface area contributed by atoms with Crippen LogP contribution >= 0.6 is 15.9 Å². The summed E-state index contributed by atoms with van der Waals surface area (Å²) >= 11 is 3.44. The zero-order chi connectivity index (χ0) is 18.6. The molecule has 0 bridgehead atoms. The molecule has 0 spiro atoms. The number of halogens is 1. The number of ether oxygens (including phenoxy) is 2. The Morgan fingerprint density at radius 2 is 1.69 bits per heavy atom. The van der Waals surface area contributed by atoms with E-state index in [0.717, 1.165) is 11.1 Å². The van der Waals surface area contributed by atoms with Gasteiger partial charge in [0.2, 0.25) is 0 Å². The summed E-state index contributed by atoms with van der Waals surface area (Å²) < 4.78 is 41.8. The van der Waals surface area contributed by atoms with E-state index in [-0.39, 0.29) is 11.5 Å². The first-order valence-electron chi connectivity index (χ1n) is 8.24. The van der Waals surface area contributed by atoms with Gasteiger partial charge in [-0.2, -0.15) is 8.42 Å². The highest BCUT2D eigenvalue weighted by molar-refractivity contribution is 9.09. The van der Waals surface area contributed by atoms with Gasteiger partial charge in [-0.3, -0.25) is 4.18 Å². The van der Waals surface area contributed by atoms with Gasteiger partial charge in [-0.15, -0.1) is 0 Å². The Balaban J connectivity index is 1.64. The maximum absolute atomic E-state index is 12.4. The van der Waals surface area contributed by atoms with Crippen molar-refractivity contribution in [1.29, 1.82) is 0 Å². The third-order valence-electron chi connectivity index (χ3n) is 4.27. The molecule has 26 heavy (non-hydrogen) atoms. The van der Waals surface area contributed by atoms with Crippen molar-refractivity contribution in [2.45, 2.75) is 18.1 Å². The van der Waals surface area contributed by atoms with E-state index in [0.29, 0.717) is 18.5 Å². The number of benzene rings is 2. The van der Waals surface area contributed by atoms with Gasteiger partial charge < -0.3 is 9.47 Å². The lowest BCUT2D eigenvalue weighted by Crippen LogP contribution is -2.44. The van der Waals surface area contributed by atoms with Crippen LogP contribution in [0.25, 0.3) is 0 Å². The predicted molar refractivity (Wildman–Crippen MR) is 102 cm³/mol. The molecule has 1 aliphatic heterocycles. The smallest absolute Gasteiger partial charge is 0.296 e. The molecule has 5 nitrogen and oxygen atoms in total. The van der Waals surface area contributed by atoms with Crippen LogP contribution in [0.2, 0.25) is 0 Å². The van der Waals surface area contributed by atoms with E-state index in [1.54, 1.807) is 24.3 Å². The first-order valence-corrected chi connectivity index (χ1v) is 10.8. The largest absolute Gasteiger partial charge is 0.348 e. The van der Waals surface area contributed by atoms with Gasteiger partial charge in [0.25, 0.3) is 10.1 Å². The Morgan fingerprint density at radius 1 is 1.08 bits per heavy atom. The van der Waals surface area contributed by atoms with E-state index in [1.165, 1.54) is 0 Å². The third-order valence-corrected chi connectivity index (χ3v) is 6.73. The standard InChI is InChI=1S/C19H21BrO5S/c1-15-7-9-17(10-8-15)26(21,22)25-14-19(11-20)12-23-18(24-13-19)16-5-3-2-4-6-16/h2-10,18H,11-14H2,1H3. The molecule has 0 atom stereocenters. The molecule has 140 valence electrons. The highest BCUT2D eigenvalue weighted by Crippen LogP contribution is 2.34. The van der Waals surface area contributed by atoms with E-state index in [4.69, 9.17) is 13.7 Å². The monoisotopic (exact) mass is 440 g/mol. The van der Waals surface area contributed by atoms with E-state index in [9.17, 15) is 8.42 Å². The molecule has 0 amide bonds. The maximum Gasteiger partial charge on any atom is 0.296 e. The Kier molecular flexibility index (Phi) is 6.14. The average Bonchev–Trinajstić information content (AvgIpc) is 2.68. The number of alkyl halides is 1. The fourth-order valence-corrected chi connectivity index (χ4v) is 4.07. The topological polar surface area (TPSA) is 61.8 Å². The number of rotatable bonds is 6. The summed E-state index contributed by atoms with van der Waals surface area (Å²) in [5, 5.41) is 0.505. The Morgan fingerprint density at radius 3 is 2.27 bits per heavy atom. The highest BCUT2D eigenvalue weighted by Gasteiger charge is 2.38. The van der Waals surface area contributed by atoms with Crippen LogP contribution in [0.15, 0.2) is 59.5 Å². The molecule has 0 N–H and O–H groups in total. The molecule has 3 rings (SSSR count). The number of aryl methyl sites for hydroxylation is 1. The van der Waals surface area contributed by atoms with E-state index in [2.05, 4.69) is 15.9 Å². The lowest BCUT2D eigenvalue weighted by atomic mass is 9.93. The number of hydrogen-bond acceptors (Lipinski definition) is 5. The lowest BCUT2D eigenvalue weighted by Gasteiger charge is -2.38. The molecule has 7 heteroatoms. The van der Waals surface area contributed by atoms with Crippen molar-refractivity contribution in [2.24, 2.45) is 5.41 Å². The molecule has 2 aromatic carbocycles. The summed E-state index contributed by atoms with van der Waals surface area (Å²) in [6, 6.07) is 16.2. The molecule has 1 heterocycles. The van der Waals surface area contributed by atoms with Crippen LogP contribution in [0.4, 0.5) is 0 Å². The predicted octanol–water partition coefficient (Wildman–Crippen LogP) is 3.83. The zero-order valence-corrected chi connectivity index (χ0v) is 16.8. The lowest BCUT2D eigenvalue weighted by molar-refractivity contribution is -0.233.